The number of nitrogens with zero attached hydrogens (tertiary/aromatic N) is 1. The highest BCUT2D eigenvalue weighted by Gasteiger charge is 2.07. The normalized spacial score (nSPS) is 10.7. The van der Waals surface area contributed by atoms with E-state index in [0.717, 1.165) is 16.3 Å². The summed E-state index contributed by atoms with van der Waals surface area (Å²) in [5.41, 5.74) is 7.10. The number of aryl methyl sites for hydroxylation is 1. The summed E-state index contributed by atoms with van der Waals surface area (Å²) in [6.07, 6.45) is 0. The zero-order chi connectivity index (χ0) is 16.4. The van der Waals surface area contributed by atoms with Gasteiger partial charge in [-0.15, -0.1) is 11.3 Å². The molecule has 3 aromatic carbocycles. The maximum Gasteiger partial charge on any atom is 0.124 e. The molecule has 2 heteroatoms. The summed E-state index contributed by atoms with van der Waals surface area (Å²) in [4.78, 5) is 4.82. The van der Waals surface area contributed by atoms with Crippen molar-refractivity contribution in [3.63, 3.8) is 0 Å². The van der Waals surface area contributed by atoms with E-state index in [9.17, 15) is 0 Å². The van der Waals surface area contributed by atoms with Gasteiger partial charge in [-0.3, -0.25) is 0 Å². The molecule has 0 saturated carbocycles. The van der Waals surface area contributed by atoms with Crippen molar-refractivity contribution in [2.45, 2.75) is 6.92 Å². The standard InChI is InChI=1S/C22H17NS/c1-16-10-12-17(13-11-16)19-8-5-9-20(14-19)21-15-24-22(23-21)18-6-3-2-4-7-18/h2-15H,1H3. The first-order chi connectivity index (χ1) is 11.8. The molecule has 0 spiro atoms. The Morgan fingerprint density at radius 3 is 2.17 bits per heavy atom. The molecule has 0 saturated heterocycles. The Balaban J connectivity index is 1.69. The number of thiazole rings is 1. The molecule has 0 unspecified atom stereocenters. The molecule has 0 aliphatic heterocycles. The second kappa shape index (κ2) is 6.42. The van der Waals surface area contributed by atoms with Crippen LogP contribution in [0.4, 0.5) is 0 Å². The highest BCUT2D eigenvalue weighted by Crippen LogP contribution is 2.31. The summed E-state index contributed by atoms with van der Waals surface area (Å²) in [5, 5.41) is 3.20. The molecule has 24 heavy (non-hydrogen) atoms. The summed E-state index contributed by atoms with van der Waals surface area (Å²) in [6.45, 7) is 2.11. The second-order valence-corrected chi connectivity index (χ2v) is 6.71. The molecule has 4 rings (SSSR count). The zero-order valence-electron chi connectivity index (χ0n) is 13.4. The first-order valence-corrected chi connectivity index (χ1v) is 8.86. The molecule has 0 atom stereocenters. The molecule has 0 amide bonds. The van der Waals surface area contributed by atoms with Crippen molar-refractivity contribution in [1.29, 1.82) is 0 Å². The highest BCUT2D eigenvalue weighted by atomic mass is 32.1. The lowest BCUT2D eigenvalue weighted by atomic mass is 10.0. The molecular weight excluding hydrogens is 310 g/mol. The number of hydrogen-bond donors (Lipinski definition) is 0. The lowest BCUT2D eigenvalue weighted by molar-refractivity contribution is 1.40. The number of aromatic nitrogens is 1. The van der Waals surface area contributed by atoms with E-state index in [1.807, 2.05) is 6.07 Å². The van der Waals surface area contributed by atoms with Crippen molar-refractivity contribution < 1.29 is 0 Å². The fourth-order valence-electron chi connectivity index (χ4n) is 2.72. The van der Waals surface area contributed by atoms with Gasteiger partial charge in [0.15, 0.2) is 0 Å². The average Bonchev–Trinajstić information content (AvgIpc) is 3.13. The smallest absolute Gasteiger partial charge is 0.124 e. The largest absolute Gasteiger partial charge is 0.236 e. The Bertz CT molecular complexity index is 953. The van der Waals surface area contributed by atoms with Gasteiger partial charge in [-0.25, -0.2) is 4.98 Å². The van der Waals surface area contributed by atoms with Gasteiger partial charge in [0.2, 0.25) is 0 Å². The third-order valence-electron chi connectivity index (χ3n) is 4.07. The Kier molecular flexibility index (Phi) is 3.97. The van der Waals surface area contributed by atoms with E-state index in [1.165, 1.54) is 22.3 Å². The van der Waals surface area contributed by atoms with Gasteiger partial charge in [0.1, 0.15) is 5.01 Å². The molecular formula is C22H17NS. The average molecular weight is 327 g/mol. The van der Waals surface area contributed by atoms with E-state index in [0.29, 0.717) is 0 Å². The molecule has 0 aliphatic carbocycles. The monoisotopic (exact) mass is 327 g/mol. The van der Waals surface area contributed by atoms with Crippen LogP contribution in [0.1, 0.15) is 5.56 Å². The fourth-order valence-corrected chi connectivity index (χ4v) is 3.56. The Labute approximate surface area is 146 Å². The maximum absolute atomic E-state index is 4.82. The van der Waals surface area contributed by atoms with Gasteiger partial charge >= 0.3 is 0 Å². The van der Waals surface area contributed by atoms with Crippen LogP contribution >= 0.6 is 11.3 Å². The lowest BCUT2D eigenvalue weighted by Crippen LogP contribution is -1.83. The van der Waals surface area contributed by atoms with Gasteiger partial charge in [-0.2, -0.15) is 0 Å². The number of hydrogen-bond acceptors (Lipinski definition) is 2. The minimum atomic E-state index is 1.04. The minimum absolute atomic E-state index is 1.04. The van der Waals surface area contributed by atoms with E-state index in [1.54, 1.807) is 11.3 Å². The molecule has 4 aromatic rings. The first kappa shape index (κ1) is 14.9. The highest BCUT2D eigenvalue weighted by molar-refractivity contribution is 7.13. The molecule has 0 fully saturated rings. The van der Waals surface area contributed by atoms with E-state index >= 15 is 0 Å². The molecule has 116 valence electrons. The molecule has 1 aromatic heterocycles. The van der Waals surface area contributed by atoms with Crippen LogP contribution in [0.3, 0.4) is 0 Å². The predicted molar refractivity (Wildman–Crippen MR) is 103 cm³/mol. The first-order valence-electron chi connectivity index (χ1n) is 7.98. The van der Waals surface area contributed by atoms with Gasteiger partial charge in [0, 0.05) is 16.5 Å². The fraction of sp³-hybridized carbons (Fsp3) is 0.0455. The third-order valence-corrected chi connectivity index (χ3v) is 4.96. The van der Waals surface area contributed by atoms with Crippen LogP contribution in [-0.4, -0.2) is 4.98 Å². The third kappa shape index (κ3) is 3.01. The summed E-state index contributed by atoms with van der Waals surface area (Å²) in [6, 6.07) is 27.6. The van der Waals surface area contributed by atoms with Gasteiger partial charge in [0.05, 0.1) is 5.69 Å². The molecule has 0 N–H and O–H groups in total. The van der Waals surface area contributed by atoms with Crippen molar-refractivity contribution in [2.75, 3.05) is 0 Å². The van der Waals surface area contributed by atoms with E-state index in [2.05, 4.69) is 85.1 Å². The molecule has 0 aliphatic rings. The summed E-state index contributed by atoms with van der Waals surface area (Å²) in [5.74, 6) is 0. The van der Waals surface area contributed by atoms with Crippen LogP contribution in [0.2, 0.25) is 0 Å². The van der Waals surface area contributed by atoms with Crippen LogP contribution in [-0.2, 0) is 0 Å². The minimum Gasteiger partial charge on any atom is -0.236 e. The second-order valence-electron chi connectivity index (χ2n) is 5.85. The quantitative estimate of drug-likeness (QED) is 0.421. The molecule has 0 radical (unpaired) electrons. The zero-order valence-corrected chi connectivity index (χ0v) is 14.3. The van der Waals surface area contributed by atoms with Crippen molar-refractivity contribution in [3.05, 3.63) is 89.8 Å². The van der Waals surface area contributed by atoms with Crippen molar-refractivity contribution in [2.24, 2.45) is 0 Å². The van der Waals surface area contributed by atoms with Gasteiger partial charge in [-0.05, 0) is 24.1 Å². The maximum atomic E-state index is 4.82. The lowest BCUT2D eigenvalue weighted by Gasteiger charge is -2.04. The van der Waals surface area contributed by atoms with Crippen molar-refractivity contribution in [3.8, 4) is 33.0 Å². The molecule has 0 bridgehead atoms. The summed E-state index contributed by atoms with van der Waals surface area (Å²) in [7, 11) is 0. The van der Waals surface area contributed by atoms with Gasteiger partial charge < -0.3 is 0 Å². The van der Waals surface area contributed by atoms with Gasteiger partial charge in [-0.1, -0.05) is 78.4 Å². The van der Waals surface area contributed by atoms with Crippen molar-refractivity contribution >= 4 is 11.3 Å². The van der Waals surface area contributed by atoms with E-state index in [-0.39, 0.29) is 0 Å². The number of benzene rings is 3. The molecule has 1 heterocycles. The van der Waals surface area contributed by atoms with E-state index < -0.39 is 0 Å². The van der Waals surface area contributed by atoms with Crippen LogP contribution in [0.15, 0.2) is 84.2 Å². The Morgan fingerprint density at radius 1 is 0.667 bits per heavy atom. The Hall–Kier alpha value is -2.71. The van der Waals surface area contributed by atoms with Crippen LogP contribution < -0.4 is 0 Å². The summed E-state index contributed by atoms with van der Waals surface area (Å²) < 4.78 is 0. The molecule has 1 nitrogen and oxygen atoms in total. The van der Waals surface area contributed by atoms with Gasteiger partial charge in [0.25, 0.3) is 0 Å². The van der Waals surface area contributed by atoms with Crippen LogP contribution in [0, 0.1) is 6.92 Å². The Morgan fingerprint density at radius 2 is 1.38 bits per heavy atom. The predicted octanol–water partition coefficient (Wildman–Crippen LogP) is 6.45. The van der Waals surface area contributed by atoms with Crippen LogP contribution in [0.25, 0.3) is 33.0 Å². The summed E-state index contributed by atoms with van der Waals surface area (Å²) >= 11 is 1.69. The van der Waals surface area contributed by atoms with Crippen molar-refractivity contribution in [1.82, 2.24) is 4.98 Å². The van der Waals surface area contributed by atoms with Crippen LogP contribution in [0.5, 0.6) is 0 Å². The van der Waals surface area contributed by atoms with E-state index in [4.69, 9.17) is 4.98 Å². The number of rotatable bonds is 3. The SMILES string of the molecule is Cc1ccc(-c2cccc(-c3csc(-c4ccccc4)n3)c2)cc1. The topological polar surface area (TPSA) is 12.9 Å².